The third kappa shape index (κ3) is 2.68. The van der Waals surface area contributed by atoms with Crippen molar-refractivity contribution in [1.29, 1.82) is 0 Å². The summed E-state index contributed by atoms with van der Waals surface area (Å²) >= 11 is 0. The van der Waals surface area contributed by atoms with Crippen LogP contribution in [0.2, 0.25) is 0 Å². The number of para-hydroxylation sites is 1. The Hall–Kier alpha value is -3.08. The van der Waals surface area contributed by atoms with Crippen molar-refractivity contribution >= 4 is 16.7 Å². The first kappa shape index (κ1) is 14.8. The first-order chi connectivity index (χ1) is 11.1. The van der Waals surface area contributed by atoms with Gasteiger partial charge in [-0.2, -0.15) is 0 Å². The molecule has 1 heterocycles. The van der Waals surface area contributed by atoms with E-state index in [2.05, 4.69) is 0 Å². The lowest BCUT2D eigenvalue weighted by Gasteiger charge is -2.13. The summed E-state index contributed by atoms with van der Waals surface area (Å²) in [6, 6.07) is 14.2. The molecule has 0 amide bonds. The highest BCUT2D eigenvalue weighted by Crippen LogP contribution is 2.36. The molecule has 0 aliphatic rings. The van der Waals surface area contributed by atoms with Crippen LogP contribution < -0.4 is 10.4 Å². The summed E-state index contributed by atoms with van der Waals surface area (Å²) < 4.78 is 10.7. The molecule has 5 nitrogen and oxygen atoms in total. The van der Waals surface area contributed by atoms with Crippen molar-refractivity contribution in [3.63, 3.8) is 0 Å². The van der Waals surface area contributed by atoms with Gasteiger partial charge in [-0.3, -0.25) is 4.79 Å². The summed E-state index contributed by atoms with van der Waals surface area (Å²) in [6.45, 7) is 0. The van der Waals surface area contributed by atoms with Crippen LogP contribution in [0, 0.1) is 0 Å². The lowest BCUT2D eigenvalue weighted by Crippen LogP contribution is -2.09. The number of rotatable bonds is 4. The summed E-state index contributed by atoms with van der Waals surface area (Å²) in [6.07, 6.45) is -0.381. The normalized spacial score (nSPS) is 10.7. The van der Waals surface area contributed by atoms with E-state index in [9.17, 15) is 9.59 Å². The maximum absolute atomic E-state index is 12.1. The minimum absolute atomic E-state index is 0.116. The van der Waals surface area contributed by atoms with Crippen LogP contribution in [0.15, 0.2) is 57.7 Å². The first-order valence-corrected chi connectivity index (χ1v) is 7.01. The molecule has 116 valence electrons. The topological polar surface area (TPSA) is 76.7 Å². The average molecular weight is 310 g/mol. The fourth-order valence-electron chi connectivity index (χ4n) is 2.66. The van der Waals surface area contributed by atoms with Gasteiger partial charge in [-0.25, -0.2) is 4.79 Å². The summed E-state index contributed by atoms with van der Waals surface area (Å²) in [5.41, 5.74) is 0.710. The molecule has 1 N–H and O–H groups in total. The molecular weight excluding hydrogens is 296 g/mol. The van der Waals surface area contributed by atoms with Crippen molar-refractivity contribution in [2.75, 3.05) is 7.11 Å². The number of methoxy groups -OCH3 is 1. The highest BCUT2D eigenvalue weighted by molar-refractivity contribution is 5.98. The van der Waals surface area contributed by atoms with E-state index in [4.69, 9.17) is 14.3 Å². The standard InChI is InChI=1S/C18H14O5/c1-22-14-9-5-4-8-13(14)17-11-6-2-3-7-12(11)18(21)23-15(17)10-16(19)20/h2-9H,10H2,1H3,(H,19,20). The summed E-state index contributed by atoms with van der Waals surface area (Å²) in [5, 5.41) is 10.2. The van der Waals surface area contributed by atoms with Crippen molar-refractivity contribution in [3.05, 3.63) is 64.7 Å². The maximum Gasteiger partial charge on any atom is 0.343 e. The zero-order chi connectivity index (χ0) is 16.4. The molecule has 0 bridgehead atoms. The molecule has 1 aromatic heterocycles. The van der Waals surface area contributed by atoms with Gasteiger partial charge in [0.25, 0.3) is 0 Å². The second-order valence-electron chi connectivity index (χ2n) is 5.00. The summed E-state index contributed by atoms with van der Waals surface area (Å²) in [4.78, 5) is 23.3. The molecule has 0 spiro atoms. The van der Waals surface area contributed by atoms with Crippen molar-refractivity contribution in [1.82, 2.24) is 0 Å². The van der Waals surface area contributed by atoms with Crippen LogP contribution in [0.25, 0.3) is 21.9 Å². The van der Waals surface area contributed by atoms with Crippen LogP contribution in [0.1, 0.15) is 5.76 Å². The molecule has 0 saturated heterocycles. The molecule has 5 heteroatoms. The van der Waals surface area contributed by atoms with Gasteiger partial charge in [-0.15, -0.1) is 0 Å². The second kappa shape index (κ2) is 5.96. The molecule has 0 aliphatic heterocycles. The van der Waals surface area contributed by atoms with E-state index in [-0.39, 0.29) is 12.2 Å². The monoisotopic (exact) mass is 310 g/mol. The van der Waals surface area contributed by atoms with E-state index < -0.39 is 11.6 Å². The van der Waals surface area contributed by atoms with Crippen LogP contribution in [-0.4, -0.2) is 18.2 Å². The highest BCUT2D eigenvalue weighted by Gasteiger charge is 2.19. The van der Waals surface area contributed by atoms with Gasteiger partial charge in [0.2, 0.25) is 0 Å². The van der Waals surface area contributed by atoms with E-state index in [0.717, 1.165) is 0 Å². The minimum atomic E-state index is -1.07. The predicted molar refractivity (Wildman–Crippen MR) is 85.8 cm³/mol. The molecule has 0 saturated carbocycles. The molecule has 3 rings (SSSR count). The van der Waals surface area contributed by atoms with Gasteiger partial charge in [0.15, 0.2) is 0 Å². The Balaban J connectivity index is 2.43. The molecule has 3 aromatic rings. The van der Waals surface area contributed by atoms with Crippen molar-refractivity contribution in [2.24, 2.45) is 0 Å². The minimum Gasteiger partial charge on any atom is -0.496 e. The van der Waals surface area contributed by atoms with Crippen molar-refractivity contribution < 1.29 is 19.1 Å². The number of fused-ring (bicyclic) bond motifs is 1. The molecule has 0 unspecified atom stereocenters. The smallest absolute Gasteiger partial charge is 0.343 e. The quantitative estimate of drug-likeness (QED) is 0.801. The Kier molecular flexibility index (Phi) is 3.85. The Labute approximate surface area is 131 Å². The average Bonchev–Trinajstić information content (AvgIpc) is 2.55. The van der Waals surface area contributed by atoms with Crippen LogP contribution in [0.4, 0.5) is 0 Å². The van der Waals surface area contributed by atoms with Crippen LogP contribution in [0.3, 0.4) is 0 Å². The van der Waals surface area contributed by atoms with Crippen molar-refractivity contribution in [2.45, 2.75) is 6.42 Å². The first-order valence-electron chi connectivity index (χ1n) is 7.01. The van der Waals surface area contributed by atoms with E-state index in [1.54, 1.807) is 30.3 Å². The SMILES string of the molecule is COc1ccccc1-c1c(CC(=O)O)oc(=O)c2ccccc12. The Bertz CT molecular complexity index is 940. The Morgan fingerprint density at radius 2 is 1.74 bits per heavy atom. The second-order valence-corrected chi connectivity index (χ2v) is 5.00. The van der Waals surface area contributed by atoms with E-state index in [0.29, 0.717) is 27.6 Å². The number of aliphatic carboxylic acids is 1. The Morgan fingerprint density at radius 3 is 2.43 bits per heavy atom. The number of ether oxygens (including phenoxy) is 1. The number of carboxylic acids is 1. The molecule has 0 radical (unpaired) electrons. The number of carboxylic acid groups (broad SMARTS) is 1. The van der Waals surface area contributed by atoms with Crippen LogP contribution >= 0.6 is 0 Å². The van der Waals surface area contributed by atoms with Crippen LogP contribution in [0.5, 0.6) is 5.75 Å². The maximum atomic E-state index is 12.1. The van der Waals surface area contributed by atoms with E-state index >= 15 is 0 Å². The fraction of sp³-hybridized carbons (Fsp3) is 0.111. The third-order valence-corrected chi connectivity index (χ3v) is 3.60. The van der Waals surface area contributed by atoms with Gasteiger partial charge in [-0.1, -0.05) is 36.4 Å². The van der Waals surface area contributed by atoms with Gasteiger partial charge >= 0.3 is 11.6 Å². The fourth-order valence-corrected chi connectivity index (χ4v) is 2.66. The number of hydrogen-bond donors (Lipinski definition) is 1. The zero-order valence-corrected chi connectivity index (χ0v) is 12.4. The van der Waals surface area contributed by atoms with Crippen LogP contribution in [-0.2, 0) is 11.2 Å². The summed E-state index contributed by atoms with van der Waals surface area (Å²) in [5.74, 6) is -0.372. The zero-order valence-electron chi connectivity index (χ0n) is 12.4. The number of benzene rings is 2. The number of carbonyl (C=O) groups is 1. The Morgan fingerprint density at radius 1 is 1.09 bits per heavy atom. The molecule has 23 heavy (non-hydrogen) atoms. The molecule has 0 fully saturated rings. The van der Waals surface area contributed by atoms with Gasteiger partial charge < -0.3 is 14.3 Å². The van der Waals surface area contributed by atoms with Crippen molar-refractivity contribution in [3.8, 4) is 16.9 Å². The lowest BCUT2D eigenvalue weighted by molar-refractivity contribution is -0.136. The highest BCUT2D eigenvalue weighted by atomic mass is 16.5. The van der Waals surface area contributed by atoms with Gasteiger partial charge in [0.05, 0.1) is 12.5 Å². The molecule has 2 aromatic carbocycles. The number of hydrogen-bond acceptors (Lipinski definition) is 4. The summed E-state index contributed by atoms with van der Waals surface area (Å²) in [7, 11) is 1.54. The van der Waals surface area contributed by atoms with E-state index in [1.807, 2.05) is 18.2 Å². The molecule has 0 aliphatic carbocycles. The van der Waals surface area contributed by atoms with Gasteiger partial charge in [0.1, 0.15) is 17.9 Å². The molecule has 0 atom stereocenters. The predicted octanol–water partition coefficient (Wildman–Crippen LogP) is 3.10. The largest absolute Gasteiger partial charge is 0.496 e. The van der Waals surface area contributed by atoms with E-state index in [1.165, 1.54) is 7.11 Å². The third-order valence-electron chi connectivity index (χ3n) is 3.60. The molecular formula is C18H14O5. The van der Waals surface area contributed by atoms with Gasteiger partial charge in [0, 0.05) is 16.5 Å². The lowest BCUT2D eigenvalue weighted by atomic mass is 9.96. The van der Waals surface area contributed by atoms with Gasteiger partial charge in [-0.05, 0) is 12.1 Å².